The van der Waals surface area contributed by atoms with Gasteiger partial charge in [-0.3, -0.25) is 4.79 Å². The highest BCUT2D eigenvalue weighted by Gasteiger charge is 2.13. The lowest BCUT2D eigenvalue weighted by molar-refractivity contribution is 0.100. The van der Waals surface area contributed by atoms with Gasteiger partial charge in [-0.1, -0.05) is 12.1 Å². The van der Waals surface area contributed by atoms with E-state index in [-0.39, 0.29) is 11.4 Å². The van der Waals surface area contributed by atoms with Gasteiger partial charge >= 0.3 is 0 Å². The summed E-state index contributed by atoms with van der Waals surface area (Å²) >= 11 is 0. The third-order valence-electron chi connectivity index (χ3n) is 2.51. The lowest BCUT2D eigenvalue weighted by Crippen LogP contribution is -2.11. The van der Waals surface area contributed by atoms with Gasteiger partial charge in [0.25, 0.3) is 5.91 Å². The highest BCUT2D eigenvalue weighted by Crippen LogP contribution is 2.30. The fraction of sp³-hybridized carbons (Fsp3) is 0.0833. The second-order valence-corrected chi connectivity index (χ2v) is 3.57. The number of hydrogen-bond acceptors (Lipinski definition) is 3. The van der Waals surface area contributed by atoms with E-state index < -0.39 is 5.91 Å². The van der Waals surface area contributed by atoms with Crippen molar-refractivity contribution in [2.45, 2.75) is 0 Å². The van der Waals surface area contributed by atoms with E-state index in [0.717, 1.165) is 5.56 Å². The Morgan fingerprint density at radius 1 is 1.35 bits per heavy atom. The number of amides is 1. The van der Waals surface area contributed by atoms with E-state index in [1.54, 1.807) is 13.2 Å². The Morgan fingerprint density at radius 2 is 2.06 bits per heavy atom. The number of carbonyl (C=O) groups excluding carboxylic acids is 1. The van der Waals surface area contributed by atoms with Crippen molar-refractivity contribution in [2.24, 2.45) is 5.73 Å². The van der Waals surface area contributed by atoms with Crippen molar-refractivity contribution >= 4 is 11.7 Å². The standard InChI is InChI=1S/C12H13N3O2/c1-17-10-5-3-2-4-7(10)9-6-8(12(14)16)11(13)15-9/h2-6,15H,13H2,1H3,(H2,14,16). The third-order valence-corrected chi connectivity index (χ3v) is 2.51. The average molecular weight is 231 g/mol. The van der Waals surface area contributed by atoms with Crippen LogP contribution in [0.2, 0.25) is 0 Å². The van der Waals surface area contributed by atoms with Gasteiger partial charge in [0.2, 0.25) is 0 Å². The van der Waals surface area contributed by atoms with Crippen molar-refractivity contribution in [2.75, 3.05) is 12.8 Å². The van der Waals surface area contributed by atoms with Crippen LogP contribution in [-0.2, 0) is 0 Å². The molecule has 5 nitrogen and oxygen atoms in total. The second-order valence-electron chi connectivity index (χ2n) is 3.57. The van der Waals surface area contributed by atoms with Gasteiger partial charge in [-0.05, 0) is 18.2 Å². The van der Waals surface area contributed by atoms with E-state index in [2.05, 4.69) is 4.98 Å². The number of aromatic nitrogens is 1. The number of nitrogens with two attached hydrogens (primary N) is 2. The normalized spacial score (nSPS) is 10.2. The van der Waals surface area contributed by atoms with Crippen molar-refractivity contribution in [3.8, 4) is 17.0 Å². The van der Waals surface area contributed by atoms with Crippen LogP contribution in [0.5, 0.6) is 5.75 Å². The molecule has 0 saturated carbocycles. The Hall–Kier alpha value is -2.43. The SMILES string of the molecule is COc1ccccc1-c1cc(C(N)=O)c(N)[nH]1. The Balaban J connectivity index is 2.53. The minimum absolute atomic E-state index is 0.262. The molecule has 5 N–H and O–H groups in total. The maximum Gasteiger partial charge on any atom is 0.252 e. The van der Waals surface area contributed by atoms with E-state index in [1.165, 1.54) is 0 Å². The summed E-state index contributed by atoms with van der Waals surface area (Å²) in [5.41, 5.74) is 12.7. The Morgan fingerprint density at radius 3 is 2.65 bits per heavy atom. The third kappa shape index (κ3) is 1.94. The molecule has 0 spiro atoms. The van der Waals surface area contributed by atoms with Gasteiger partial charge in [-0.25, -0.2) is 0 Å². The quantitative estimate of drug-likeness (QED) is 0.744. The molecule has 1 heterocycles. The molecule has 0 aliphatic rings. The zero-order valence-corrected chi connectivity index (χ0v) is 9.36. The molecule has 0 fully saturated rings. The van der Waals surface area contributed by atoms with Crippen LogP contribution < -0.4 is 16.2 Å². The van der Waals surface area contributed by atoms with E-state index in [0.29, 0.717) is 11.4 Å². The minimum atomic E-state index is -0.556. The number of para-hydroxylation sites is 1. The molecule has 0 aliphatic heterocycles. The number of benzene rings is 1. The molecule has 1 aromatic carbocycles. The molecule has 0 atom stereocenters. The number of nitrogen functional groups attached to an aromatic ring is 1. The summed E-state index contributed by atoms with van der Waals surface area (Å²) in [6.07, 6.45) is 0. The molecule has 0 aliphatic carbocycles. The fourth-order valence-corrected chi connectivity index (χ4v) is 1.69. The number of ether oxygens (including phenoxy) is 1. The predicted octanol–water partition coefficient (Wildman–Crippen LogP) is 1.37. The number of rotatable bonds is 3. The molecule has 1 amide bonds. The molecule has 0 bridgehead atoms. The van der Waals surface area contributed by atoms with Crippen LogP contribution >= 0.6 is 0 Å². The van der Waals surface area contributed by atoms with Gasteiger partial charge in [-0.15, -0.1) is 0 Å². The Bertz CT molecular complexity index is 561. The van der Waals surface area contributed by atoms with Crippen molar-refractivity contribution in [3.05, 3.63) is 35.9 Å². The topological polar surface area (TPSA) is 94.1 Å². The smallest absolute Gasteiger partial charge is 0.252 e. The van der Waals surface area contributed by atoms with Gasteiger partial charge in [0.1, 0.15) is 11.6 Å². The summed E-state index contributed by atoms with van der Waals surface area (Å²) in [4.78, 5) is 14.0. The molecule has 0 radical (unpaired) electrons. The zero-order valence-electron chi connectivity index (χ0n) is 9.36. The first-order valence-corrected chi connectivity index (χ1v) is 5.05. The van der Waals surface area contributed by atoms with Gasteiger partial charge in [-0.2, -0.15) is 0 Å². The Kier molecular flexibility index (Phi) is 2.74. The first-order valence-electron chi connectivity index (χ1n) is 5.05. The number of methoxy groups -OCH3 is 1. The number of hydrogen-bond donors (Lipinski definition) is 3. The molecule has 0 unspecified atom stereocenters. The maximum atomic E-state index is 11.1. The van der Waals surface area contributed by atoms with Gasteiger partial charge in [0.05, 0.1) is 18.4 Å². The first-order chi connectivity index (χ1) is 8.13. The second kappa shape index (κ2) is 4.21. The van der Waals surface area contributed by atoms with Crippen LogP contribution in [0.1, 0.15) is 10.4 Å². The highest BCUT2D eigenvalue weighted by molar-refractivity contribution is 5.99. The fourth-order valence-electron chi connectivity index (χ4n) is 1.69. The number of anilines is 1. The largest absolute Gasteiger partial charge is 0.496 e. The lowest BCUT2D eigenvalue weighted by Gasteiger charge is -2.05. The van der Waals surface area contributed by atoms with Crippen LogP contribution in [0.3, 0.4) is 0 Å². The van der Waals surface area contributed by atoms with E-state index in [1.807, 2.05) is 24.3 Å². The van der Waals surface area contributed by atoms with Gasteiger partial charge in [0, 0.05) is 5.56 Å². The molecular weight excluding hydrogens is 218 g/mol. The molecule has 17 heavy (non-hydrogen) atoms. The summed E-state index contributed by atoms with van der Waals surface area (Å²) in [6.45, 7) is 0. The molecule has 2 aromatic rings. The number of carbonyl (C=O) groups is 1. The van der Waals surface area contributed by atoms with Gasteiger partial charge < -0.3 is 21.2 Å². The first kappa shape index (κ1) is 11.1. The molecule has 0 saturated heterocycles. The van der Waals surface area contributed by atoms with Crippen LogP contribution in [0.25, 0.3) is 11.3 Å². The van der Waals surface area contributed by atoms with Gasteiger partial charge in [0.15, 0.2) is 0 Å². The number of nitrogens with one attached hydrogen (secondary N) is 1. The highest BCUT2D eigenvalue weighted by atomic mass is 16.5. The molecule has 88 valence electrons. The zero-order chi connectivity index (χ0) is 12.4. The average Bonchev–Trinajstić information content (AvgIpc) is 2.71. The summed E-state index contributed by atoms with van der Waals surface area (Å²) in [6, 6.07) is 9.06. The Labute approximate surface area is 98.4 Å². The van der Waals surface area contributed by atoms with Crippen LogP contribution in [0, 0.1) is 0 Å². The van der Waals surface area contributed by atoms with Crippen molar-refractivity contribution in [1.29, 1.82) is 0 Å². The monoisotopic (exact) mass is 231 g/mol. The van der Waals surface area contributed by atoms with Crippen molar-refractivity contribution in [3.63, 3.8) is 0 Å². The van der Waals surface area contributed by atoms with Crippen molar-refractivity contribution < 1.29 is 9.53 Å². The molecule has 1 aromatic heterocycles. The van der Waals surface area contributed by atoms with E-state index >= 15 is 0 Å². The molecular formula is C12H13N3O2. The maximum absolute atomic E-state index is 11.1. The van der Waals surface area contributed by atoms with Crippen molar-refractivity contribution in [1.82, 2.24) is 4.98 Å². The minimum Gasteiger partial charge on any atom is -0.496 e. The lowest BCUT2D eigenvalue weighted by atomic mass is 10.1. The summed E-state index contributed by atoms with van der Waals surface area (Å²) in [5, 5.41) is 0. The number of aromatic amines is 1. The number of primary amides is 1. The summed E-state index contributed by atoms with van der Waals surface area (Å²) < 4.78 is 5.23. The van der Waals surface area contributed by atoms with E-state index in [9.17, 15) is 4.79 Å². The molecule has 5 heteroatoms. The predicted molar refractivity (Wildman–Crippen MR) is 65.7 cm³/mol. The van der Waals surface area contributed by atoms with Crippen LogP contribution in [-0.4, -0.2) is 18.0 Å². The number of H-pyrrole nitrogens is 1. The summed E-state index contributed by atoms with van der Waals surface area (Å²) in [5.74, 6) is 0.406. The van der Waals surface area contributed by atoms with Crippen LogP contribution in [0.4, 0.5) is 5.82 Å². The molecule has 2 rings (SSSR count). The van der Waals surface area contributed by atoms with Crippen LogP contribution in [0.15, 0.2) is 30.3 Å². The summed E-state index contributed by atoms with van der Waals surface area (Å²) in [7, 11) is 1.58. The van der Waals surface area contributed by atoms with E-state index in [4.69, 9.17) is 16.2 Å².